The third-order valence-corrected chi connectivity index (χ3v) is 7.69. The molecule has 1 heterocycles. The molecule has 0 bridgehead atoms. The summed E-state index contributed by atoms with van der Waals surface area (Å²) in [6, 6.07) is 21.9. The molecule has 0 fully saturated rings. The summed E-state index contributed by atoms with van der Waals surface area (Å²) in [5.74, 6) is -3.53. The second kappa shape index (κ2) is 23.9. The van der Waals surface area contributed by atoms with Crippen LogP contribution in [0.3, 0.4) is 0 Å². The molecule has 3 atom stereocenters. The van der Waals surface area contributed by atoms with Crippen molar-refractivity contribution in [2.24, 2.45) is 15.9 Å². The number of likely N-dealkylation sites (N-methyl/N-ethyl adjacent to an activating group) is 1. The minimum atomic E-state index is -1.37. The maximum Gasteiger partial charge on any atom is 0.306 e. The number of hydrazine groups is 1. The largest absolute Gasteiger partial charge is 0.471 e. The van der Waals surface area contributed by atoms with Crippen molar-refractivity contribution in [1.82, 2.24) is 31.4 Å². The van der Waals surface area contributed by atoms with Gasteiger partial charge in [0.15, 0.2) is 0 Å². The van der Waals surface area contributed by atoms with Gasteiger partial charge in [-0.25, -0.2) is 5.01 Å². The number of ether oxygens (including phenoxy) is 1. The highest BCUT2D eigenvalue weighted by molar-refractivity contribution is 6.35. The number of benzene rings is 2. The zero-order chi connectivity index (χ0) is 41.6. The number of hydrogen-bond acceptors (Lipinski definition) is 10. The fourth-order valence-corrected chi connectivity index (χ4v) is 4.99. The van der Waals surface area contributed by atoms with Gasteiger partial charge in [0.1, 0.15) is 6.04 Å². The molecule has 298 valence electrons. The van der Waals surface area contributed by atoms with E-state index in [4.69, 9.17) is 10.3 Å². The van der Waals surface area contributed by atoms with Crippen LogP contribution in [0.25, 0.3) is 21.7 Å². The van der Waals surface area contributed by atoms with Crippen molar-refractivity contribution in [3.8, 4) is 11.3 Å². The van der Waals surface area contributed by atoms with E-state index in [0.717, 1.165) is 16.8 Å². The Kier molecular flexibility index (Phi) is 20.6. The fourth-order valence-electron chi connectivity index (χ4n) is 4.99. The van der Waals surface area contributed by atoms with Crippen molar-refractivity contribution in [2.75, 3.05) is 27.2 Å². The van der Waals surface area contributed by atoms with Crippen LogP contribution >= 0.6 is 0 Å². The molecule has 55 heavy (non-hydrogen) atoms. The van der Waals surface area contributed by atoms with Gasteiger partial charge in [-0.15, -0.1) is 0 Å². The highest BCUT2D eigenvalue weighted by Gasteiger charge is 2.35. The van der Waals surface area contributed by atoms with E-state index in [-0.39, 0.29) is 25.5 Å². The van der Waals surface area contributed by atoms with Crippen LogP contribution in [0.1, 0.15) is 52.7 Å². The maximum absolute atomic E-state index is 13.2. The number of aliphatic hydroxyl groups excluding tert-OH is 1. The van der Waals surface area contributed by atoms with E-state index in [1.165, 1.54) is 12.7 Å². The molecule has 2 aromatic carbocycles. The van der Waals surface area contributed by atoms with Crippen LogP contribution in [0.2, 0.25) is 0 Å². The van der Waals surface area contributed by atoms with Crippen molar-refractivity contribution in [3.63, 3.8) is 0 Å². The molecule has 0 radical (unpaired) electrons. The van der Waals surface area contributed by atoms with Gasteiger partial charge < -0.3 is 25.8 Å². The quantitative estimate of drug-likeness (QED) is 0.0422. The van der Waals surface area contributed by atoms with Crippen molar-refractivity contribution in [1.29, 1.82) is 0 Å². The van der Waals surface area contributed by atoms with E-state index >= 15 is 0 Å². The van der Waals surface area contributed by atoms with Crippen LogP contribution in [0.15, 0.2) is 84.1 Å². The summed E-state index contributed by atoms with van der Waals surface area (Å²) in [4.78, 5) is 65.6. The number of rotatable bonds is 13. The molecule has 3 aromatic rings. The summed E-state index contributed by atoms with van der Waals surface area (Å²) in [6.45, 7) is 13.3. The fraction of sp³-hybridized carbons (Fsp3) is 0.436. The average molecular weight is 762 g/mol. The number of nitrogens with one attached hydrogen (secondary N) is 4. The lowest BCUT2D eigenvalue weighted by Crippen LogP contribution is -2.57. The normalized spacial score (nSPS) is 12.4. The standard InChI is InChI=1S/C30H43N9O5.C7H8.C2H4O2/c1-29(2,3)23(32-7)26(42)37-39(17-19-11-13-20(14-12-19)22-10-8-9-15-33-22)18-21(40)16-34-25(41)24(30(4,5)6)35-27(43)28(44)36-38-31;1-7-5-3-2-4-6-7;1-4-2-3/h8-15,21,23-24,32,40H,16-18H2,1-7H3,(H,34,41)(H,35,43)(H,37,42);2-6H,1H3;2H,1H3/t21-,23-,24?;;/m1../s1. The number of aliphatic hydroxyl groups is 1. The van der Waals surface area contributed by atoms with Gasteiger partial charge in [0.25, 0.3) is 18.3 Å². The van der Waals surface area contributed by atoms with Gasteiger partial charge in [0.05, 0.1) is 24.9 Å². The highest BCUT2D eigenvalue weighted by Crippen LogP contribution is 2.21. The van der Waals surface area contributed by atoms with Gasteiger partial charge in [-0.2, -0.15) is 0 Å². The first-order chi connectivity index (χ1) is 25.9. The van der Waals surface area contributed by atoms with Crippen LogP contribution in [-0.4, -0.2) is 90.6 Å². The summed E-state index contributed by atoms with van der Waals surface area (Å²) in [5, 5.41) is 23.1. The number of amides is 4. The van der Waals surface area contributed by atoms with Crippen LogP contribution in [0.4, 0.5) is 0 Å². The van der Waals surface area contributed by atoms with Crippen molar-refractivity contribution in [2.45, 2.75) is 73.2 Å². The second-order valence-electron chi connectivity index (χ2n) is 14.5. The molecule has 4 amide bonds. The first-order valence-corrected chi connectivity index (χ1v) is 17.4. The number of hydrogen-bond donors (Lipinski definition) is 5. The molecule has 0 aliphatic rings. The van der Waals surface area contributed by atoms with E-state index < -0.39 is 46.7 Å². The Morgan fingerprint density at radius 1 is 0.927 bits per heavy atom. The van der Waals surface area contributed by atoms with E-state index in [0.29, 0.717) is 6.47 Å². The van der Waals surface area contributed by atoms with Crippen molar-refractivity contribution in [3.05, 3.63) is 101 Å². The van der Waals surface area contributed by atoms with Crippen LogP contribution in [0.5, 0.6) is 0 Å². The summed E-state index contributed by atoms with van der Waals surface area (Å²) in [7, 11) is 3.01. The lowest BCUT2D eigenvalue weighted by atomic mass is 9.86. The zero-order valence-electron chi connectivity index (χ0n) is 33.1. The van der Waals surface area contributed by atoms with E-state index in [2.05, 4.69) is 60.2 Å². The monoisotopic (exact) mass is 761 g/mol. The molecule has 0 spiro atoms. The summed E-state index contributed by atoms with van der Waals surface area (Å²) in [5.41, 5.74) is 14.0. The Bertz CT molecular complexity index is 1690. The van der Waals surface area contributed by atoms with Crippen LogP contribution in [-0.2, 0) is 35.3 Å². The number of aryl methyl sites for hydroxylation is 1. The second-order valence-corrected chi connectivity index (χ2v) is 14.5. The number of azide groups is 1. The Labute approximate surface area is 323 Å². The number of carbonyl (C=O) groups excluding carboxylic acids is 5. The third-order valence-electron chi connectivity index (χ3n) is 7.69. The predicted molar refractivity (Wildman–Crippen MR) is 209 cm³/mol. The SMILES string of the molecule is CN[C@H](C(=O)NN(Cc1ccc(-c2ccccn2)cc1)C[C@H](O)CNC(=O)C(NC(=O)C(=O)N=[N+]=[N-])C(C)(C)C)C(C)(C)C.COC=O.Cc1ccccc1. The van der Waals surface area contributed by atoms with Gasteiger partial charge in [0, 0.05) is 36.3 Å². The highest BCUT2D eigenvalue weighted by atomic mass is 16.5. The van der Waals surface area contributed by atoms with Crippen molar-refractivity contribution >= 4 is 30.1 Å². The Balaban J connectivity index is 0.00000118. The Hall–Kier alpha value is -5.67. The third kappa shape index (κ3) is 18.3. The maximum atomic E-state index is 13.2. The molecule has 5 N–H and O–H groups in total. The summed E-state index contributed by atoms with van der Waals surface area (Å²) < 4.78 is 3.86. The average Bonchev–Trinajstić information content (AvgIpc) is 3.13. The molecule has 0 saturated heterocycles. The number of aromatic nitrogens is 1. The van der Waals surface area contributed by atoms with Gasteiger partial charge in [0.2, 0.25) is 5.91 Å². The number of nitrogens with zero attached hydrogens (tertiary/aromatic N) is 5. The number of carbonyl (C=O) groups is 5. The lowest BCUT2D eigenvalue weighted by Gasteiger charge is -2.33. The molecule has 0 saturated carbocycles. The number of methoxy groups -OCH3 is 1. The molecular weight excluding hydrogens is 706 g/mol. The van der Waals surface area contributed by atoms with Crippen LogP contribution in [0, 0.1) is 17.8 Å². The Morgan fingerprint density at radius 2 is 1.51 bits per heavy atom. The minimum Gasteiger partial charge on any atom is -0.471 e. The molecule has 16 nitrogen and oxygen atoms in total. The summed E-state index contributed by atoms with van der Waals surface area (Å²) >= 11 is 0. The topological polar surface area (TPSA) is 228 Å². The molecule has 0 aliphatic heterocycles. The van der Waals surface area contributed by atoms with Gasteiger partial charge in [-0.1, -0.05) is 108 Å². The molecular formula is C39H55N9O7. The zero-order valence-corrected chi connectivity index (χ0v) is 33.1. The van der Waals surface area contributed by atoms with Gasteiger partial charge in [-0.3, -0.25) is 34.4 Å². The molecule has 3 rings (SSSR count). The number of pyridine rings is 1. The minimum absolute atomic E-state index is 0.0451. The summed E-state index contributed by atoms with van der Waals surface area (Å²) in [6.07, 6.45) is 0.588. The molecule has 1 aromatic heterocycles. The van der Waals surface area contributed by atoms with E-state index in [1.54, 1.807) is 39.0 Å². The molecule has 0 aliphatic carbocycles. The van der Waals surface area contributed by atoms with Gasteiger partial charge >= 0.3 is 5.91 Å². The first kappa shape index (κ1) is 47.4. The van der Waals surface area contributed by atoms with Crippen molar-refractivity contribution < 1.29 is 33.8 Å². The molecule has 16 heteroatoms. The van der Waals surface area contributed by atoms with E-state index in [1.807, 2.05) is 81.4 Å². The van der Waals surface area contributed by atoms with Crippen LogP contribution < -0.4 is 21.4 Å². The van der Waals surface area contributed by atoms with Gasteiger partial charge in [-0.05, 0) is 53.1 Å². The first-order valence-electron chi connectivity index (χ1n) is 17.4. The lowest BCUT2D eigenvalue weighted by molar-refractivity contribution is -0.140. The predicted octanol–water partition coefficient (Wildman–Crippen LogP) is 3.85. The smallest absolute Gasteiger partial charge is 0.306 e. The van der Waals surface area contributed by atoms with E-state index in [9.17, 15) is 24.3 Å². The Morgan fingerprint density at radius 3 is 1.96 bits per heavy atom. The molecule has 1 unspecified atom stereocenters.